The number of benzene rings is 3. The molecule has 1 aliphatic rings. The minimum Gasteiger partial charge on any atom is -0.454 e. The van der Waals surface area contributed by atoms with E-state index in [0.29, 0.717) is 29.0 Å². The van der Waals surface area contributed by atoms with Crippen LogP contribution in [0, 0.1) is 0 Å². The fraction of sp³-hybridized carbons (Fsp3) is 0.192. The molecule has 2 heterocycles. The molecule has 0 unspecified atom stereocenters. The van der Waals surface area contributed by atoms with Crippen molar-refractivity contribution >= 4 is 17.7 Å². The van der Waals surface area contributed by atoms with Crippen LogP contribution in [0.3, 0.4) is 0 Å². The van der Waals surface area contributed by atoms with Gasteiger partial charge in [-0.3, -0.25) is 9.36 Å². The molecule has 4 aromatic rings. The van der Waals surface area contributed by atoms with Crippen LogP contribution in [0.15, 0.2) is 84.0 Å². The Morgan fingerprint density at radius 2 is 1.71 bits per heavy atom. The minimum absolute atomic E-state index is 0.0229. The van der Waals surface area contributed by atoms with Gasteiger partial charge in [0.25, 0.3) is 0 Å². The third kappa shape index (κ3) is 5.07. The van der Waals surface area contributed by atoms with E-state index in [1.807, 2.05) is 71.3 Å². The molecule has 0 radical (unpaired) electrons. The first-order valence-electron chi connectivity index (χ1n) is 11.1. The highest BCUT2D eigenvalue weighted by Crippen LogP contribution is 2.37. The van der Waals surface area contributed by atoms with E-state index >= 15 is 0 Å². The average molecular weight is 473 g/mol. The summed E-state index contributed by atoms with van der Waals surface area (Å²) in [5.41, 5.74) is 3.06. The van der Waals surface area contributed by atoms with Gasteiger partial charge in [0.1, 0.15) is 0 Å². The van der Waals surface area contributed by atoms with Crippen LogP contribution < -0.4 is 14.8 Å². The summed E-state index contributed by atoms with van der Waals surface area (Å²) in [6.07, 6.45) is 1.84. The Morgan fingerprint density at radius 1 is 0.941 bits per heavy atom. The average Bonchev–Trinajstić information content (AvgIpc) is 3.53. The fourth-order valence-corrected chi connectivity index (χ4v) is 4.52. The van der Waals surface area contributed by atoms with Gasteiger partial charge in [0.15, 0.2) is 22.5 Å². The number of fused-ring (bicyclic) bond motifs is 1. The maximum absolute atomic E-state index is 12.5. The van der Waals surface area contributed by atoms with Crippen molar-refractivity contribution in [1.82, 2.24) is 20.1 Å². The zero-order chi connectivity index (χ0) is 23.2. The van der Waals surface area contributed by atoms with Crippen molar-refractivity contribution in [2.75, 3.05) is 19.1 Å². The van der Waals surface area contributed by atoms with Crippen LogP contribution in [-0.2, 0) is 11.2 Å². The van der Waals surface area contributed by atoms with E-state index in [2.05, 4.69) is 27.6 Å². The van der Waals surface area contributed by atoms with Gasteiger partial charge < -0.3 is 14.8 Å². The van der Waals surface area contributed by atoms with Crippen molar-refractivity contribution in [3.8, 4) is 28.6 Å². The Hall–Kier alpha value is -3.78. The molecule has 1 amide bonds. The summed E-state index contributed by atoms with van der Waals surface area (Å²) < 4.78 is 12.9. The maximum atomic E-state index is 12.5. The largest absolute Gasteiger partial charge is 0.454 e. The molecule has 5 rings (SSSR count). The van der Waals surface area contributed by atoms with Crippen LogP contribution in [0.5, 0.6) is 11.5 Å². The van der Waals surface area contributed by atoms with Crippen molar-refractivity contribution in [3.05, 3.63) is 84.4 Å². The number of carbonyl (C=O) groups is 1. The lowest BCUT2D eigenvalue weighted by Gasteiger charge is -2.11. The number of thioether (sulfide) groups is 1. The number of nitrogens with zero attached hydrogens (tertiary/aromatic N) is 3. The summed E-state index contributed by atoms with van der Waals surface area (Å²) in [6, 6.07) is 25.9. The molecule has 7 nitrogen and oxygen atoms in total. The molecule has 0 spiro atoms. The van der Waals surface area contributed by atoms with Crippen LogP contribution in [-0.4, -0.2) is 39.8 Å². The van der Waals surface area contributed by atoms with E-state index in [1.165, 1.54) is 17.3 Å². The maximum Gasteiger partial charge on any atom is 0.231 e. The van der Waals surface area contributed by atoms with E-state index in [4.69, 9.17) is 9.47 Å². The normalized spacial score (nSPS) is 12.0. The lowest BCUT2D eigenvalue weighted by atomic mass is 10.1. The second-order valence-electron chi connectivity index (χ2n) is 7.77. The number of para-hydroxylation sites is 1. The summed E-state index contributed by atoms with van der Waals surface area (Å²) in [5.74, 6) is 2.31. The van der Waals surface area contributed by atoms with Gasteiger partial charge in [-0.25, -0.2) is 0 Å². The molecule has 3 aromatic carbocycles. The second-order valence-corrected chi connectivity index (χ2v) is 8.72. The van der Waals surface area contributed by atoms with Crippen molar-refractivity contribution in [3.63, 3.8) is 0 Å². The molecule has 34 heavy (non-hydrogen) atoms. The lowest BCUT2D eigenvalue weighted by Crippen LogP contribution is -2.26. The van der Waals surface area contributed by atoms with Crippen LogP contribution in [0.2, 0.25) is 0 Å². The molecule has 1 aliphatic heterocycles. The summed E-state index contributed by atoms with van der Waals surface area (Å²) in [7, 11) is 0. The van der Waals surface area contributed by atoms with Gasteiger partial charge in [-0.05, 0) is 48.7 Å². The van der Waals surface area contributed by atoms with Crippen molar-refractivity contribution < 1.29 is 14.3 Å². The third-order valence-corrected chi connectivity index (χ3v) is 6.35. The van der Waals surface area contributed by atoms with Crippen molar-refractivity contribution in [2.45, 2.75) is 18.0 Å². The van der Waals surface area contributed by atoms with E-state index in [0.717, 1.165) is 24.1 Å². The second kappa shape index (κ2) is 10.4. The first-order valence-corrected chi connectivity index (χ1v) is 12.1. The van der Waals surface area contributed by atoms with Gasteiger partial charge in [0, 0.05) is 17.8 Å². The molecule has 0 aliphatic carbocycles. The first-order chi connectivity index (χ1) is 16.8. The molecule has 0 fully saturated rings. The third-order valence-electron chi connectivity index (χ3n) is 5.42. The van der Waals surface area contributed by atoms with E-state index in [-0.39, 0.29) is 18.5 Å². The lowest BCUT2D eigenvalue weighted by molar-refractivity contribution is -0.118. The van der Waals surface area contributed by atoms with E-state index in [9.17, 15) is 4.79 Å². The van der Waals surface area contributed by atoms with E-state index < -0.39 is 0 Å². The highest BCUT2D eigenvalue weighted by atomic mass is 32.2. The number of aryl methyl sites for hydroxylation is 1. The van der Waals surface area contributed by atoms with Crippen molar-refractivity contribution in [1.29, 1.82) is 0 Å². The summed E-state index contributed by atoms with van der Waals surface area (Å²) in [4.78, 5) is 12.5. The van der Waals surface area contributed by atoms with Gasteiger partial charge in [0.2, 0.25) is 12.7 Å². The van der Waals surface area contributed by atoms with Gasteiger partial charge >= 0.3 is 0 Å². The van der Waals surface area contributed by atoms with Gasteiger partial charge in [0.05, 0.1) is 5.75 Å². The molecule has 0 saturated carbocycles. The van der Waals surface area contributed by atoms with Gasteiger partial charge in [-0.15, -0.1) is 10.2 Å². The molecular weight excluding hydrogens is 448 g/mol. The van der Waals surface area contributed by atoms with E-state index in [1.54, 1.807) is 0 Å². The molecule has 0 bridgehead atoms. The standard InChI is InChI=1S/C26H24N4O3S/c31-24(27-15-7-10-19-8-3-1-4-9-19)17-34-26-29-28-25(30(26)21-11-5-2-6-12-21)20-13-14-22-23(16-20)33-18-32-22/h1-6,8-9,11-14,16H,7,10,15,17-18H2,(H,27,31). The van der Waals surface area contributed by atoms with Gasteiger partial charge in [-0.1, -0.05) is 60.3 Å². The predicted molar refractivity (Wildman–Crippen MR) is 131 cm³/mol. The number of rotatable bonds is 9. The number of nitrogens with one attached hydrogen (secondary N) is 1. The smallest absolute Gasteiger partial charge is 0.231 e. The topological polar surface area (TPSA) is 78.3 Å². The number of hydrogen-bond donors (Lipinski definition) is 1. The molecule has 0 atom stereocenters. The number of ether oxygens (including phenoxy) is 2. The molecule has 172 valence electrons. The van der Waals surface area contributed by atoms with Crippen LogP contribution in [0.25, 0.3) is 17.1 Å². The Kier molecular flexibility index (Phi) is 6.76. The Morgan fingerprint density at radius 3 is 2.53 bits per heavy atom. The number of carbonyl (C=O) groups excluding carboxylic acids is 1. The summed E-state index contributed by atoms with van der Waals surface area (Å²) in [5, 5.41) is 12.5. The fourth-order valence-electron chi connectivity index (χ4n) is 3.74. The number of hydrogen-bond acceptors (Lipinski definition) is 6. The van der Waals surface area contributed by atoms with Crippen LogP contribution in [0.4, 0.5) is 0 Å². The zero-order valence-corrected chi connectivity index (χ0v) is 19.3. The zero-order valence-electron chi connectivity index (χ0n) is 18.5. The molecule has 8 heteroatoms. The minimum atomic E-state index is -0.0229. The Balaban J connectivity index is 1.27. The first kappa shape index (κ1) is 22.0. The highest BCUT2D eigenvalue weighted by Gasteiger charge is 2.20. The monoisotopic (exact) mass is 472 g/mol. The molecular formula is C26H24N4O3S. The predicted octanol–water partition coefficient (Wildman–Crippen LogP) is 4.50. The van der Waals surface area contributed by atoms with Gasteiger partial charge in [-0.2, -0.15) is 0 Å². The Bertz CT molecular complexity index is 1260. The van der Waals surface area contributed by atoms with Crippen LogP contribution >= 0.6 is 11.8 Å². The van der Waals surface area contributed by atoms with Crippen LogP contribution in [0.1, 0.15) is 12.0 Å². The van der Waals surface area contributed by atoms with Crippen molar-refractivity contribution in [2.24, 2.45) is 0 Å². The molecule has 1 N–H and O–H groups in total. The summed E-state index contributed by atoms with van der Waals surface area (Å²) in [6.45, 7) is 0.855. The quantitative estimate of drug-likeness (QED) is 0.285. The number of aromatic nitrogens is 3. The summed E-state index contributed by atoms with van der Waals surface area (Å²) >= 11 is 1.37. The molecule has 1 aromatic heterocycles. The highest BCUT2D eigenvalue weighted by molar-refractivity contribution is 7.99. The SMILES string of the molecule is O=C(CSc1nnc(-c2ccc3c(c2)OCO3)n1-c1ccccc1)NCCCc1ccccc1. The Labute approximate surface area is 202 Å². The number of amides is 1. The molecule has 0 saturated heterocycles.